The van der Waals surface area contributed by atoms with Gasteiger partial charge in [0.05, 0.1) is 5.69 Å². The maximum Gasteiger partial charge on any atom is 0.179 e. The molecule has 0 unspecified atom stereocenters. The Bertz CT molecular complexity index is 834. The lowest BCUT2D eigenvalue weighted by molar-refractivity contribution is 0.0978. The number of Topliss-reactive ketones (excluding diaryl/α,β-unsaturated/α-hetero) is 1. The molecule has 112 valence electrons. The van der Waals surface area contributed by atoms with E-state index in [1.807, 2.05) is 0 Å². The van der Waals surface area contributed by atoms with Crippen LogP contribution in [0.25, 0.3) is 10.9 Å². The molecule has 0 aliphatic heterocycles. The molecule has 0 bridgehead atoms. The SMILES string of the molecule is O=C(CCc1cc(O)cc(O)c1)c1cc2cc(F)ccc2[nH]1. The van der Waals surface area contributed by atoms with Crippen LogP contribution < -0.4 is 0 Å². The molecular formula is C17H14FNO3. The summed E-state index contributed by atoms with van der Waals surface area (Å²) in [6, 6.07) is 10.2. The number of phenols is 2. The zero-order valence-electron chi connectivity index (χ0n) is 11.6. The number of phenolic OH excluding ortho intramolecular Hbond substituents is 2. The van der Waals surface area contributed by atoms with Gasteiger partial charge in [-0.3, -0.25) is 4.79 Å². The maximum absolute atomic E-state index is 13.1. The van der Waals surface area contributed by atoms with Crippen LogP contribution in [0, 0.1) is 5.82 Å². The number of carbonyl (C=O) groups is 1. The fourth-order valence-electron chi connectivity index (χ4n) is 2.45. The van der Waals surface area contributed by atoms with Gasteiger partial charge in [-0.1, -0.05) is 0 Å². The Morgan fingerprint density at radius 1 is 1.05 bits per heavy atom. The van der Waals surface area contributed by atoms with E-state index in [9.17, 15) is 19.4 Å². The lowest BCUT2D eigenvalue weighted by atomic mass is 10.1. The highest BCUT2D eigenvalue weighted by atomic mass is 19.1. The summed E-state index contributed by atoms with van der Waals surface area (Å²) in [7, 11) is 0. The summed E-state index contributed by atoms with van der Waals surface area (Å²) < 4.78 is 13.1. The third kappa shape index (κ3) is 2.93. The summed E-state index contributed by atoms with van der Waals surface area (Å²) in [4.78, 5) is 15.2. The first-order valence-corrected chi connectivity index (χ1v) is 6.84. The maximum atomic E-state index is 13.1. The molecule has 3 N–H and O–H groups in total. The molecule has 0 atom stereocenters. The molecule has 1 aromatic heterocycles. The molecule has 0 aliphatic rings. The number of aromatic amines is 1. The molecule has 3 rings (SSSR count). The lowest BCUT2D eigenvalue weighted by Gasteiger charge is -2.02. The van der Waals surface area contributed by atoms with Gasteiger partial charge in [0.25, 0.3) is 0 Å². The molecule has 1 heterocycles. The number of benzene rings is 2. The smallest absolute Gasteiger partial charge is 0.179 e. The number of aromatic nitrogens is 1. The van der Waals surface area contributed by atoms with Crippen molar-refractivity contribution in [2.45, 2.75) is 12.8 Å². The van der Waals surface area contributed by atoms with Crippen molar-refractivity contribution in [3.05, 3.63) is 59.5 Å². The lowest BCUT2D eigenvalue weighted by Crippen LogP contribution is -2.01. The summed E-state index contributed by atoms with van der Waals surface area (Å²) in [5.41, 5.74) is 1.80. The van der Waals surface area contributed by atoms with Crippen LogP contribution in [0.2, 0.25) is 0 Å². The fraction of sp³-hybridized carbons (Fsp3) is 0.118. The second-order valence-corrected chi connectivity index (χ2v) is 5.20. The van der Waals surface area contributed by atoms with Crippen LogP contribution in [0.4, 0.5) is 4.39 Å². The Kier molecular flexibility index (Phi) is 3.55. The molecule has 3 aromatic rings. The van der Waals surface area contributed by atoms with Gasteiger partial charge in [-0.05, 0) is 48.4 Å². The number of hydrogen-bond acceptors (Lipinski definition) is 3. The van der Waals surface area contributed by atoms with Gasteiger partial charge in [0.1, 0.15) is 17.3 Å². The van der Waals surface area contributed by atoms with Gasteiger partial charge in [0.15, 0.2) is 5.78 Å². The number of nitrogens with one attached hydrogen (secondary N) is 1. The number of aromatic hydroxyl groups is 2. The van der Waals surface area contributed by atoms with E-state index in [1.165, 1.54) is 30.3 Å². The monoisotopic (exact) mass is 299 g/mol. The minimum absolute atomic E-state index is 0.0384. The van der Waals surface area contributed by atoms with Gasteiger partial charge in [-0.25, -0.2) is 4.39 Å². The quantitative estimate of drug-likeness (QED) is 0.645. The number of ketones is 1. The summed E-state index contributed by atoms with van der Waals surface area (Å²) in [6.07, 6.45) is 0.614. The van der Waals surface area contributed by atoms with E-state index >= 15 is 0 Å². The standard InChI is InChI=1S/C17H14FNO3/c18-12-2-3-15-11(7-12)8-16(19-15)17(22)4-1-10-5-13(20)9-14(21)6-10/h2-3,5-9,19-21H,1,4H2. The first-order valence-electron chi connectivity index (χ1n) is 6.84. The van der Waals surface area contributed by atoms with Crippen molar-refractivity contribution in [2.24, 2.45) is 0 Å². The minimum atomic E-state index is -0.347. The third-order valence-corrected chi connectivity index (χ3v) is 3.49. The van der Waals surface area contributed by atoms with Crippen molar-refractivity contribution >= 4 is 16.7 Å². The topological polar surface area (TPSA) is 73.3 Å². The number of halogens is 1. The van der Waals surface area contributed by atoms with Crippen molar-refractivity contribution in [1.29, 1.82) is 0 Å². The molecule has 0 amide bonds. The predicted molar refractivity (Wildman–Crippen MR) is 80.7 cm³/mol. The molecule has 0 saturated carbocycles. The van der Waals surface area contributed by atoms with Crippen LogP contribution >= 0.6 is 0 Å². The van der Waals surface area contributed by atoms with E-state index < -0.39 is 0 Å². The van der Waals surface area contributed by atoms with Crippen molar-refractivity contribution < 1.29 is 19.4 Å². The molecule has 0 saturated heterocycles. The molecule has 0 radical (unpaired) electrons. The first-order chi connectivity index (χ1) is 10.5. The minimum Gasteiger partial charge on any atom is -0.508 e. The van der Waals surface area contributed by atoms with Crippen LogP contribution in [0.1, 0.15) is 22.5 Å². The number of carbonyl (C=O) groups excluding carboxylic acids is 1. The van der Waals surface area contributed by atoms with Crippen molar-refractivity contribution in [3.63, 3.8) is 0 Å². The number of aryl methyl sites for hydroxylation is 1. The first kappa shape index (κ1) is 14.1. The fourth-order valence-corrected chi connectivity index (χ4v) is 2.45. The molecule has 0 aliphatic carbocycles. The van der Waals surface area contributed by atoms with E-state index in [0.29, 0.717) is 28.6 Å². The van der Waals surface area contributed by atoms with Gasteiger partial charge >= 0.3 is 0 Å². The summed E-state index contributed by atoms with van der Waals surface area (Å²) in [5, 5.41) is 19.5. The van der Waals surface area contributed by atoms with Crippen molar-refractivity contribution in [3.8, 4) is 11.5 Å². The number of fused-ring (bicyclic) bond motifs is 1. The largest absolute Gasteiger partial charge is 0.508 e. The highest BCUT2D eigenvalue weighted by Gasteiger charge is 2.11. The van der Waals surface area contributed by atoms with Crippen LogP contribution in [-0.4, -0.2) is 21.0 Å². The van der Waals surface area contributed by atoms with Crippen molar-refractivity contribution in [2.75, 3.05) is 0 Å². The van der Waals surface area contributed by atoms with Gasteiger partial charge in [-0.2, -0.15) is 0 Å². The van der Waals surface area contributed by atoms with E-state index in [0.717, 1.165) is 0 Å². The highest BCUT2D eigenvalue weighted by Crippen LogP contribution is 2.22. The number of hydrogen-bond donors (Lipinski definition) is 3. The third-order valence-electron chi connectivity index (χ3n) is 3.49. The normalized spacial score (nSPS) is 11.0. The van der Waals surface area contributed by atoms with Crippen LogP contribution in [-0.2, 0) is 6.42 Å². The van der Waals surface area contributed by atoms with E-state index in [4.69, 9.17) is 0 Å². The van der Waals surface area contributed by atoms with Crippen LogP contribution in [0.3, 0.4) is 0 Å². The number of rotatable bonds is 4. The predicted octanol–water partition coefficient (Wildman–Crippen LogP) is 3.53. The van der Waals surface area contributed by atoms with E-state index in [1.54, 1.807) is 12.1 Å². The summed E-state index contributed by atoms with van der Waals surface area (Å²) in [6.45, 7) is 0. The Morgan fingerprint density at radius 2 is 1.77 bits per heavy atom. The molecule has 5 heteroatoms. The molecule has 2 aromatic carbocycles. The molecule has 22 heavy (non-hydrogen) atoms. The second kappa shape index (κ2) is 5.52. The highest BCUT2D eigenvalue weighted by molar-refractivity contribution is 5.99. The molecule has 4 nitrogen and oxygen atoms in total. The van der Waals surface area contributed by atoms with E-state index in [-0.39, 0.29) is 29.5 Å². The van der Waals surface area contributed by atoms with Crippen LogP contribution in [0.15, 0.2) is 42.5 Å². The Morgan fingerprint density at radius 3 is 2.50 bits per heavy atom. The molecular weight excluding hydrogens is 285 g/mol. The summed E-state index contributed by atoms with van der Waals surface area (Å²) >= 11 is 0. The Labute approximate surface area is 125 Å². The summed E-state index contributed by atoms with van der Waals surface area (Å²) in [5.74, 6) is -0.535. The van der Waals surface area contributed by atoms with Gasteiger partial charge in [-0.15, -0.1) is 0 Å². The zero-order valence-corrected chi connectivity index (χ0v) is 11.6. The van der Waals surface area contributed by atoms with Gasteiger partial charge in [0, 0.05) is 23.4 Å². The number of H-pyrrole nitrogens is 1. The van der Waals surface area contributed by atoms with Crippen molar-refractivity contribution in [1.82, 2.24) is 4.98 Å². The average Bonchev–Trinajstić information content (AvgIpc) is 2.86. The Hall–Kier alpha value is -2.82. The van der Waals surface area contributed by atoms with Crippen LogP contribution in [0.5, 0.6) is 11.5 Å². The second-order valence-electron chi connectivity index (χ2n) is 5.20. The Balaban J connectivity index is 1.75. The molecule has 0 fully saturated rings. The van der Waals surface area contributed by atoms with Gasteiger partial charge in [0.2, 0.25) is 0 Å². The average molecular weight is 299 g/mol. The van der Waals surface area contributed by atoms with Gasteiger partial charge < -0.3 is 15.2 Å². The van der Waals surface area contributed by atoms with E-state index in [2.05, 4.69) is 4.98 Å². The molecule has 0 spiro atoms. The zero-order chi connectivity index (χ0) is 15.7.